The van der Waals surface area contributed by atoms with Crippen molar-refractivity contribution in [2.75, 3.05) is 13.1 Å². The van der Waals surface area contributed by atoms with E-state index in [9.17, 15) is 0 Å². The maximum Gasteiger partial charge on any atom is 0.0964 e. The van der Waals surface area contributed by atoms with Gasteiger partial charge >= 0.3 is 0 Å². The van der Waals surface area contributed by atoms with Gasteiger partial charge in [-0.2, -0.15) is 0 Å². The molecule has 1 aromatic heterocycles. The highest BCUT2D eigenvalue weighted by atomic mass is 35.5. The van der Waals surface area contributed by atoms with Crippen molar-refractivity contribution in [3.8, 4) is 0 Å². The first-order valence-electron chi connectivity index (χ1n) is 8.45. The lowest BCUT2D eigenvalue weighted by molar-refractivity contribution is 0.658. The zero-order chi connectivity index (χ0) is 17.4. The molecule has 0 amide bonds. The van der Waals surface area contributed by atoms with Crippen LogP contribution in [0.1, 0.15) is 30.5 Å². The van der Waals surface area contributed by atoms with Crippen LogP contribution in [0.3, 0.4) is 0 Å². The molecule has 0 fully saturated rings. The standard InChI is InChI=1S/C20H19Cl2N3/c1-13(17-4-3-16(21)11-18(17)22)25-12-24-19-5-2-15(10-20(19)25)14-6-8-23-9-7-14/h2-6,10-13,23H,7-9H2,1H3. The Labute approximate surface area is 157 Å². The second kappa shape index (κ2) is 6.83. The number of halogens is 2. The fourth-order valence-electron chi connectivity index (χ4n) is 3.41. The molecule has 3 aromatic rings. The Morgan fingerprint density at radius 1 is 1.16 bits per heavy atom. The molecule has 0 bridgehead atoms. The number of nitrogens with one attached hydrogen (secondary N) is 1. The average Bonchev–Trinajstić information content (AvgIpc) is 3.05. The van der Waals surface area contributed by atoms with E-state index in [0.29, 0.717) is 10.0 Å². The van der Waals surface area contributed by atoms with Crippen LogP contribution in [0.5, 0.6) is 0 Å². The topological polar surface area (TPSA) is 29.9 Å². The van der Waals surface area contributed by atoms with Crippen LogP contribution in [0.15, 0.2) is 48.8 Å². The molecule has 3 nitrogen and oxygen atoms in total. The minimum atomic E-state index is 0.0759. The quantitative estimate of drug-likeness (QED) is 0.674. The zero-order valence-corrected chi connectivity index (χ0v) is 15.5. The van der Waals surface area contributed by atoms with Crippen LogP contribution in [-0.2, 0) is 0 Å². The smallest absolute Gasteiger partial charge is 0.0964 e. The number of nitrogens with zero attached hydrogens (tertiary/aromatic N) is 2. The number of fused-ring (bicyclic) bond motifs is 1. The third-order valence-corrected chi connectivity index (χ3v) is 5.40. The van der Waals surface area contributed by atoms with E-state index in [1.807, 2.05) is 18.5 Å². The van der Waals surface area contributed by atoms with Gasteiger partial charge in [0.25, 0.3) is 0 Å². The number of benzene rings is 2. The van der Waals surface area contributed by atoms with Crippen molar-refractivity contribution in [2.24, 2.45) is 0 Å². The molecular formula is C20H19Cl2N3. The van der Waals surface area contributed by atoms with Crippen molar-refractivity contribution in [3.63, 3.8) is 0 Å². The molecule has 1 N–H and O–H groups in total. The highest BCUT2D eigenvalue weighted by Crippen LogP contribution is 2.31. The van der Waals surface area contributed by atoms with Crippen LogP contribution in [-0.4, -0.2) is 22.6 Å². The number of aromatic nitrogens is 2. The minimum Gasteiger partial charge on any atom is -0.323 e. The largest absolute Gasteiger partial charge is 0.323 e. The van der Waals surface area contributed by atoms with Gasteiger partial charge in [-0.1, -0.05) is 41.4 Å². The fraction of sp³-hybridized carbons (Fsp3) is 0.250. The van der Waals surface area contributed by atoms with Crippen molar-refractivity contribution >= 4 is 39.8 Å². The molecule has 1 aliphatic heterocycles. The molecule has 0 spiro atoms. The summed E-state index contributed by atoms with van der Waals surface area (Å²) in [6.07, 6.45) is 5.21. The summed E-state index contributed by atoms with van der Waals surface area (Å²) in [6.45, 7) is 4.09. The molecule has 0 aliphatic carbocycles. The van der Waals surface area contributed by atoms with E-state index in [4.69, 9.17) is 23.2 Å². The van der Waals surface area contributed by atoms with Gasteiger partial charge in [0.2, 0.25) is 0 Å². The SMILES string of the molecule is CC(c1ccc(Cl)cc1Cl)n1cnc2ccc(C3=CCNCC3)cc21. The van der Waals surface area contributed by atoms with Gasteiger partial charge < -0.3 is 9.88 Å². The predicted octanol–water partition coefficient (Wildman–Crippen LogP) is 5.33. The third kappa shape index (κ3) is 3.20. The maximum absolute atomic E-state index is 6.41. The van der Waals surface area contributed by atoms with Gasteiger partial charge in [0.15, 0.2) is 0 Å². The van der Waals surface area contributed by atoms with Crippen molar-refractivity contribution in [1.82, 2.24) is 14.9 Å². The summed E-state index contributed by atoms with van der Waals surface area (Å²) in [6, 6.07) is 12.2. The van der Waals surface area contributed by atoms with E-state index in [0.717, 1.165) is 36.1 Å². The van der Waals surface area contributed by atoms with Crippen LogP contribution >= 0.6 is 23.2 Å². The molecule has 25 heavy (non-hydrogen) atoms. The Hall–Kier alpha value is -1.81. The Kier molecular flexibility index (Phi) is 4.55. The van der Waals surface area contributed by atoms with Gasteiger partial charge in [-0.15, -0.1) is 0 Å². The maximum atomic E-state index is 6.41. The van der Waals surface area contributed by atoms with Crippen LogP contribution < -0.4 is 5.32 Å². The number of hydrogen-bond acceptors (Lipinski definition) is 2. The van der Waals surface area contributed by atoms with E-state index in [1.165, 1.54) is 11.1 Å². The van der Waals surface area contributed by atoms with E-state index < -0.39 is 0 Å². The summed E-state index contributed by atoms with van der Waals surface area (Å²) >= 11 is 12.4. The zero-order valence-electron chi connectivity index (χ0n) is 14.0. The van der Waals surface area contributed by atoms with E-state index in [2.05, 4.69) is 46.1 Å². The Morgan fingerprint density at radius 3 is 2.80 bits per heavy atom. The normalized spacial score (nSPS) is 16.0. The van der Waals surface area contributed by atoms with Gasteiger partial charge in [-0.3, -0.25) is 0 Å². The highest BCUT2D eigenvalue weighted by molar-refractivity contribution is 6.35. The van der Waals surface area contributed by atoms with Gasteiger partial charge in [0.1, 0.15) is 0 Å². The van der Waals surface area contributed by atoms with Gasteiger partial charge in [0.05, 0.1) is 23.4 Å². The highest BCUT2D eigenvalue weighted by Gasteiger charge is 2.16. The fourth-order valence-corrected chi connectivity index (χ4v) is 3.98. The first kappa shape index (κ1) is 16.6. The summed E-state index contributed by atoms with van der Waals surface area (Å²) in [5, 5.41) is 4.69. The third-order valence-electron chi connectivity index (χ3n) is 4.84. The molecule has 0 radical (unpaired) electrons. The van der Waals surface area contributed by atoms with Crippen LogP contribution in [0.25, 0.3) is 16.6 Å². The first-order chi connectivity index (χ1) is 12.1. The average molecular weight is 372 g/mol. The van der Waals surface area contributed by atoms with Crippen LogP contribution in [0.2, 0.25) is 10.0 Å². The summed E-state index contributed by atoms with van der Waals surface area (Å²) in [4.78, 5) is 4.56. The molecule has 1 aliphatic rings. The minimum absolute atomic E-state index is 0.0759. The molecule has 128 valence electrons. The van der Waals surface area contributed by atoms with Crippen LogP contribution in [0, 0.1) is 0 Å². The lowest BCUT2D eigenvalue weighted by Gasteiger charge is -2.18. The molecule has 0 saturated carbocycles. The van der Waals surface area contributed by atoms with Crippen molar-refractivity contribution in [2.45, 2.75) is 19.4 Å². The second-order valence-corrected chi connectivity index (χ2v) is 7.22. The number of rotatable bonds is 3. The summed E-state index contributed by atoms with van der Waals surface area (Å²) in [5.74, 6) is 0. The Balaban J connectivity index is 1.77. The van der Waals surface area contributed by atoms with Gasteiger partial charge in [-0.05, 0) is 60.9 Å². The Morgan fingerprint density at radius 2 is 2.04 bits per heavy atom. The molecule has 4 rings (SSSR count). The molecule has 1 unspecified atom stereocenters. The predicted molar refractivity (Wildman–Crippen MR) is 105 cm³/mol. The number of imidazole rings is 1. The van der Waals surface area contributed by atoms with Crippen LogP contribution in [0.4, 0.5) is 0 Å². The van der Waals surface area contributed by atoms with Gasteiger partial charge in [0, 0.05) is 16.6 Å². The van der Waals surface area contributed by atoms with Crippen molar-refractivity contribution < 1.29 is 0 Å². The molecule has 0 saturated heterocycles. The van der Waals surface area contributed by atoms with E-state index in [-0.39, 0.29) is 6.04 Å². The van der Waals surface area contributed by atoms with Crippen molar-refractivity contribution in [3.05, 3.63) is 70.0 Å². The molecule has 2 aromatic carbocycles. The Bertz CT molecular complexity index is 959. The van der Waals surface area contributed by atoms with Gasteiger partial charge in [-0.25, -0.2) is 4.98 Å². The molecule has 1 atom stereocenters. The summed E-state index contributed by atoms with van der Waals surface area (Å²) < 4.78 is 2.18. The van der Waals surface area contributed by atoms with Crippen molar-refractivity contribution in [1.29, 1.82) is 0 Å². The number of hydrogen-bond donors (Lipinski definition) is 1. The first-order valence-corrected chi connectivity index (χ1v) is 9.21. The molecule has 5 heteroatoms. The molecule has 2 heterocycles. The lowest BCUT2D eigenvalue weighted by atomic mass is 9.99. The van der Waals surface area contributed by atoms with E-state index in [1.54, 1.807) is 6.07 Å². The summed E-state index contributed by atoms with van der Waals surface area (Å²) in [5.41, 5.74) is 5.82. The monoisotopic (exact) mass is 371 g/mol. The second-order valence-electron chi connectivity index (χ2n) is 6.38. The summed E-state index contributed by atoms with van der Waals surface area (Å²) in [7, 11) is 0. The van der Waals surface area contributed by atoms with E-state index >= 15 is 0 Å². The lowest BCUT2D eigenvalue weighted by Crippen LogP contribution is -2.20. The molecular weight excluding hydrogens is 353 g/mol.